The monoisotopic (exact) mass is 391 g/mol. The molecule has 0 aromatic heterocycles. The summed E-state index contributed by atoms with van der Waals surface area (Å²) in [6, 6.07) is 19.6. The summed E-state index contributed by atoms with van der Waals surface area (Å²) in [5.74, 6) is 0.299. The van der Waals surface area contributed by atoms with Crippen molar-refractivity contribution in [3.05, 3.63) is 93.5 Å². The molecule has 1 amide bonds. The lowest BCUT2D eigenvalue weighted by atomic mass is 10.0. The fourth-order valence-corrected chi connectivity index (χ4v) is 3.05. The number of benzene rings is 3. The van der Waals surface area contributed by atoms with Crippen LogP contribution in [0.3, 0.4) is 0 Å². The molecule has 0 radical (unpaired) electrons. The van der Waals surface area contributed by atoms with E-state index >= 15 is 0 Å². The zero-order valence-electron chi connectivity index (χ0n) is 16.1. The number of nitro benzene ring substituents is 1. The van der Waals surface area contributed by atoms with Crippen LogP contribution in [0.2, 0.25) is 0 Å². The van der Waals surface area contributed by atoms with Gasteiger partial charge in [-0.2, -0.15) is 0 Å². The predicted octanol–water partition coefficient (Wildman–Crippen LogP) is 4.49. The average Bonchev–Trinajstić information content (AvgIpc) is 2.74. The Balaban J connectivity index is 1.84. The van der Waals surface area contributed by atoms with Crippen molar-refractivity contribution in [2.75, 3.05) is 24.8 Å². The number of methoxy groups -OCH3 is 1. The number of hydrogen-bond donors (Lipinski definition) is 2. The molecule has 2 N–H and O–H groups in total. The molecule has 0 heterocycles. The van der Waals surface area contributed by atoms with Gasteiger partial charge in [-0.25, -0.2) is 0 Å². The smallest absolute Gasteiger partial charge is 0.293 e. The van der Waals surface area contributed by atoms with E-state index in [1.807, 2.05) is 36.4 Å². The SMILES string of the molecule is CNc1ccc(C(=O)Nc2ccc(OC)c(Cc3ccccc3)c2)cc1[N+](=O)[O-]. The first-order chi connectivity index (χ1) is 14.0. The highest BCUT2D eigenvalue weighted by Gasteiger charge is 2.17. The van der Waals surface area contributed by atoms with E-state index in [4.69, 9.17) is 4.74 Å². The summed E-state index contributed by atoms with van der Waals surface area (Å²) in [5.41, 5.74) is 3.03. The number of nitrogens with one attached hydrogen (secondary N) is 2. The number of carbonyl (C=O) groups excluding carboxylic acids is 1. The van der Waals surface area contributed by atoms with Crippen molar-refractivity contribution in [2.24, 2.45) is 0 Å². The first kappa shape index (κ1) is 19.9. The zero-order chi connectivity index (χ0) is 20.8. The lowest BCUT2D eigenvalue weighted by Crippen LogP contribution is -2.13. The van der Waals surface area contributed by atoms with Crippen LogP contribution in [-0.2, 0) is 6.42 Å². The van der Waals surface area contributed by atoms with E-state index in [2.05, 4.69) is 10.6 Å². The van der Waals surface area contributed by atoms with Crippen LogP contribution < -0.4 is 15.4 Å². The molecule has 148 valence electrons. The summed E-state index contributed by atoms with van der Waals surface area (Å²) < 4.78 is 5.44. The minimum absolute atomic E-state index is 0.153. The Kier molecular flexibility index (Phi) is 6.09. The van der Waals surface area contributed by atoms with Gasteiger partial charge >= 0.3 is 0 Å². The molecule has 3 aromatic carbocycles. The molecule has 7 heteroatoms. The molecule has 3 aromatic rings. The molecule has 0 aliphatic rings. The molecule has 7 nitrogen and oxygen atoms in total. The zero-order valence-corrected chi connectivity index (χ0v) is 16.1. The maximum absolute atomic E-state index is 12.6. The van der Waals surface area contributed by atoms with E-state index in [1.165, 1.54) is 12.1 Å². The van der Waals surface area contributed by atoms with Gasteiger partial charge in [0, 0.05) is 36.3 Å². The number of nitro groups is 1. The van der Waals surface area contributed by atoms with Gasteiger partial charge in [0.1, 0.15) is 11.4 Å². The van der Waals surface area contributed by atoms with Crippen molar-refractivity contribution in [3.63, 3.8) is 0 Å². The maximum Gasteiger partial charge on any atom is 0.293 e. The van der Waals surface area contributed by atoms with Gasteiger partial charge in [-0.3, -0.25) is 14.9 Å². The van der Waals surface area contributed by atoms with E-state index in [9.17, 15) is 14.9 Å². The van der Waals surface area contributed by atoms with Crippen LogP contribution in [0.5, 0.6) is 5.75 Å². The Hall–Kier alpha value is -3.87. The molecule has 0 saturated carbocycles. The van der Waals surface area contributed by atoms with Crippen molar-refractivity contribution in [1.29, 1.82) is 0 Å². The highest BCUT2D eigenvalue weighted by Crippen LogP contribution is 2.27. The lowest BCUT2D eigenvalue weighted by molar-refractivity contribution is -0.384. The number of nitrogens with zero attached hydrogens (tertiary/aromatic N) is 1. The average molecular weight is 391 g/mol. The second kappa shape index (κ2) is 8.88. The summed E-state index contributed by atoms with van der Waals surface area (Å²) in [6.07, 6.45) is 0.649. The van der Waals surface area contributed by atoms with Gasteiger partial charge in [0.05, 0.1) is 12.0 Å². The van der Waals surface area contributed by atoms with E-state index in [0.717, 1.165) is 16.9 Å². The van der Waals surface area contributed by atoms with Gasteiger partial charge in [-0.1, -0.05) is 30.3 Å². The number of hydrogen-bond acceptors (Lipinski definition) is 5. The molecular formula is C22H21N3O4. The summed E-state index contributed by atoms with van der Waals surface area (Å²) in [6.45, 7) is 0. The van der Waals surface area contributed by atoms with E-state index in [-0.39, 0.29) is 11.3 Å². The largest absolute Gasteiger partial charge is 0.496 e. The summed E-state index contributed by atoms with van der Waals surface area (Å²) >= 11 is 0. The maximum atomic E-state index is 12.6. The molecule has 0 saturated heterocycles. The van der Waals surface area contributed by atoms with Crippen LogP contribution in [-0.4, -0.2) is 25.0 Å². The molecule has 0 unspecified atom stereocenters. The lowest BCUT2D eigenvalue weighted by Gasteiger charge is -2.12. The standard InChI is InChI=1S/C22H21N3O4/c1-23-19-10-8-16(14-20(19)25(27)28)22(26)24-18-9-11-21(29-2)17(13-18)12-15-6-4-3-5-7-15/h3-11,13-14,23H,12H2,1-2H3,(H,24,26). The number of rotatable bonds is 7. The van der Waals surface area contributed by atoms with Crippen molar-refractivity contribution in [3.8, 4) is 5.75 Å². The molecular weight excluding hydrogens is 370 g/mol. The van der Waals surface area contributed by atoms with Crippen molar-refractivity contribution < 1.29 is 14.5 Å². The number of ether oxygens (including phenoxy) is 1. The number of amides is 1. The van der Waals surface area contributed by atoms with Gasteiger partial charge in [0.25, 0.3) is 11.6 Å². The van der Waals surface area contributed by atoms with Crippen LogP contribution in [0.25, 0.3) is 0 Å². The third-order valence-corrected chi connectivity index (χ3v) is 4.50. The van der Waals surface area contributed by atoms with Crippen molar-refractivity contribution >= 4 is 23.0 Å². The van der Waals surface area contributed by atoms with Crippen LogP contribution >= 0.6 is 0 Å². The molecule has 3 rings (SSSR count). The highest BCUT2D eigenvalue weighted by molar-refractivity contribution is 6.05. The first-order valence-electron chi connectivity index (χ1n) is 9.00. The third-order valence-electron chi connectivity index (χ3n) is 4.50. The van der Waals surface area contributed by atoms with Crippen LogP contribution in [0.15, 0.2) is 66.7 Å². The van der Waals surface area contributed by atoms with Gasteiger partial charge in [-0.05, 0) is 35.9 Å². The van der Waals surface area contributed by atoms with E-state index in [1.54, 1.807) is 32.4 Å². The van der Waals surface area contributed by atoms with E-state index in [0.29, 0.717) is 17.8 Å². The summed E-state index contributed by atoms with van der Waals surface area (Å²) in [5, 5.41) is 16.8. The topological polar surface area (TPSA) is 93.5 Å². The molecule has 0 bridgehead atoms. The Labute approximate surface area is 168 Å². The normalized spacial score (nSPS) is 10.3. The van der Waals surface area contributed by atoms with Gasteiger partial charge in [0.15, 0.2) is 0 Å². The first-order valence-corrected chi connectivity index (χ1v) is 9.00. The molecule has 29 heavy (non-hydrogen) atoms. The van der Waals surface area contributed by atoms with Crippen LogP contribution in [0, 0.1) is 10.1 Å². The fourth-order valence-electron chi connectivity index (χ4n) is 3.05. The quantitative estimate of drug-likeness (QED) is 0.457. The minimum atomic E-state index is -0.520. The molecule has 0 spiro atoms. The Morgan fingerprint density at radius 3 is 2.48 bits per heavy atom. The summed E-state index contributed by atoms with van der Waals surface area (Å²) in [7, 11) is 3.19. The van der Waals surface area contributed by atoms with Crippen LogP contribution in [0.1, 0.15) is 21.5 Å². The van der Waals surface area contributed by atoms with Gasteiger partial charge in [0.2, 0.25) is 0 Å². The van der Waals surface area contributed by atoms with E-state index < -0.39 is 10.8 Å². The van der Waals surface area contributed by atoms with Crippen molar-refractivity contribution in [2.45, 2.75) is 6.42 Å². The third kappa shape index (κ3) is 4.70. The molecule has 0 aliphatic heterocycles. The Bertz CT molecular complexity index is 1040. The molecule has 0 fully saturated rings. The second-order valence-electron chi connectivity index (χ2n) is 6.38. The molecule has 0 aliphatic carbocycles. The number of anilines is 2. The van der Waals surface area contributed by atoms with Crippen LogP contribution in [0.4, 0.5) is 17.1 Å². The molecule has 0 atom stereocenters. The van der Waals surface area contributed by atoms with Gasteiger partial charge in [-0.15, -0.1) is 0 Å². The fraction of sp³-hybridized carbons (Fsp3) is 0.136. The predicted molar refractivity (Wildman–Crippen MR) is 113 cm³/mol. The number of carbonyl (C=O) groups is 1. The minimum Gasteiger partial charge on any atom is -0.496 e. The highest BCUT2D eigenvalue weighted by atomic mass is 16.6. The Morgan fingerprint density at radius 1 is 1.07 bits per heavy atom. The summed E-state index contributed by atoms with van der Waals surface area (Å²) in [4.78, 5) is 23.3. The van der Waals surface area contributed by atoms with Gasteiger partial charge < -0.3 is 15.4 Å². The second-order valence-corrected chi connectivity index (χ2v) is 6.38. The Morgan fingerprint density at radius 2 is 1.83 bits per heavy atom. The van der Waals surface area contributed by atoms with Crippen molar-refractivity contribution in [1.82, 2.24) is 0 Å².